The summed E-state index contributed by atoms with van der Waals surface area (Å²) in [6, 6.07) is 56.5. The van der Waals surface area contributed by atoms with Crippen LogP contribution in [0, 0.1) is 27.7 Å². The molecule has 8 aromatic rings. The van der Waals surface area contributed by atoms with Crippen LogP contribution < -0.4 is 31.2 Å². The predicted octanol–water partition coefficient (Wildman–Crippen LogP) is 11.5. The number of aryl methyl sites for hydroxylation is 4. The molecule has 1 aliphatic rings. The van der Waals surface area contributed by atoms with Gasteiger partial charge in [-0.15, -0.1) is 0 Å². The summed E-state index contributed by atoms with van der Waals surface area (Å²) in [6.07, 6.45) is 0. The fraction of sp³-hybridized carbons (Fsp3) is 0.137. The van der Waals surface area contributed by atoms with Crippen LogP contribution in [-0.4, -0.2) is 14.8 Å². The van der Waals surface area contributed by atoms with Gasteiger partial charge in [0.05, 0.1) is 8.07 Å². The molecule has 2 nitrogen and oxygen atoms in total. The first-order chi connectivity index (χ1) is 26.5. The van der Waals surface area contributed by atoms with Crippen molar-refractivity contribution in [3.63, 3.8) is 0 Å². The quantitative estimate of drug-likeness (QED) is 0.152. The van der Waals surface area contributed by atoms with Crippen LogP contribution in [0.15, 0.2) is 152 Å². The molecular formula is C51H46BNOSi. The van der Waals surface area contributed by atoms with E-state index in [1.54, 1.807) is 0 Å². The van der Waals surface area contributed by atoms with Gasteiger partial charge in [0.1, 0.15) is 11.5 Å². The Labute approximate surface area is 327 Å². The Morgan fingerprint density at radius 1 is 0.473 bits per heavy atom. The van der Waals surface area contributed by atoms with Gasteiger partial charge in [0, 0.05) is 34.1 Å². The number of benzene rings is 8. The molecule has 0 saturated carbocycles. The molecule has 4 heteroatoms. The van der Waals surface area contributed by atoms with Crippen LogP contribution >= 0.6 is 0 Å². The molecule has 1 heterocycles. The summed E-state index contributed by atoms with van der Waals surface area (Å²) in [5.74, 6) is 1.77. The van der Waals surface area contributed by atoms with Crippen molar-refractivity contribution in [1.82, 2.24) is 0 Å². The van der Waals surface area contributed by atoms with Crippen LogP contribution in [-0.2, 0) is 0 Å². The molecule has 0 radical (unpaired) electrons. The summed E-state index contributed by atoms with van der Waals surface area (Å²) in [5, 5.41) is 6.30. The van der Waals surface area contributed by atoms with Gasteiger partial charge in [0.2, 0.25) is 6.71 Å². The second-order valence-electron chi connectivity index (χ2n) is 16.6. The van der Waals surface area contributed by atoms with Crippen molar-refractivity contribution in [3.05, 3.63) is 174 Å². The Morgan fingerprint density at radius 2 is 1.05 bits per heavy atom. The van der Waals surface area contributed by atoms with Gasteiger partial charge >= 0.3 is 0 Å². The molecule has 0 N–H and O–H groups in total. The van der Waals surface area contributed by atoms with Crippen molar-refractivity contribution < 1.29 is 4.74 Å². The Bertz CT molecular complexity index is 2690. The topological polar surface area (TPSA) is 12.5 Å². The summed E-state index contributed by atoms with van der Waals surface area (Å²) in [7, 11) is -1.46. The molecule has 1 aliphatic heterocycles. The number of hydrogen-bond donors (Lipinski definition) is 0. The van der Waals surface area contributed by atoms with E-state index in [0.29, 0.717) is 0 Å². The van der Waals surface area contributed by atoms with E-state index in [4.69, 9.17) is 4.74 Å². The van der Waals surface area contributed by atoms with Crippen molar-refractivity contribution in [1.29, 1.82) is 0 Å². The monoisotopic (exact) mass is 727 g/mol. The molecule has 0 aliphatic carbocycles. The second kappa shape index (κ2) is 13.5. The number of fused-ring (bicyclic) bond motifs is 3. The van der Waals surface area contributed by atoms with Crippen LogP contribution in [0.1, 0.15) is 22.3 Å². The first-order valence-corrected chi connectivity index (χ1v) is 22.9. The van der Waals surface area contributed by atoms with Gasteiger partial charge in [0.25, 0.3) is 0 Å². The van der Waals surface area contributed by atoms with Crippen LogP contribution in [0.2, 0.25) is 19.6 Å². The molecular weight excluding hydrogens is 681 g/mol. The molecule has 0 atom stereocenters. The SMILES string of the molecule is Cc1cc(C)cc(B(c2cc(C)cc(C)c2)c2ccc3c4c(cccc24)Oc2cc(N(c4ccc([Si](C)(C)C)cc4)c4ccc5ccccc5c4)ccc2-3)c1. The fourth-order valence-corrected chi connectivity index (χ4v) is 9.98. The molecule has 55 heavy (non-hydrogen) atoms. The van der Waals surface area contributed by atoms with E-state index in [9.17, 15) is 0 Å². The van der Waals surface area contributed by atoms with Gasteiger partial charge in [0.15, 0.2) is 0 Å². The largest absolute Gasteiger partial charge is 0.456 e. The first kappa shape index (κ1) is 34.9. The van der Waals surface area contributed by atoms with E-state index < -0.39 is 8.07 Å². The number of hydrogen-bond acceptors (Lipinski definition) is 2. The lowest BCUT2D eigenvalue weighted by atomic mass is 9.36. The standard InChI is InChI=1S/C51H46BNOSi/c1-33-25-34(2)28-39(27-33)52(40-29-35(3)26-36(4)30-40)48-24-23-46-45-22-19-43(32-50(45)54-49-14-10-13-47(48)51(46)49)53(41-17-20-44(21-18-41)55(5,6)7)42-16-15-37-11-8-9-12-38(37)31-42/h8-32H,1-7H3. The molecule has 268 valence electrons. The van der Waals surface area contributed by atoms with Gasteiger partial charge in [-0.25, -0.2) is 0 Å². The van der Waals surface area contributed by atoms with E-state index in [1.165, 1.54) is 70.9 Å². The minimum atomic E-state index is -1.46. The normalized spacial score (nSPS) is 12.1. The van der Waals surface area contributed by atoms with E-state index in [2.05, 4.69) is 204 Å². The van der Waals surface area contributed by atoms with Crippen molar-refractivity contribution in [2.24, 2.45) is 0 Å². The summed E-state index contributed by atoms with van der Waals surface area (Å²) >= 11 is 0. The molecule has 8 aromatic carbocycles. The van der Waals surface area contributed by atoms with E-state index in [1.807, 2.05) is 0 Å². The lowest BCUT2D eigenvalue weighted by Gasteiger charge is -2.29. The molecule has 0 fully saturated rings. The van der Waals surface area contributed by atoms with Crippen molar-refractivity contribution in [2.75, 3.05) is 4.90 Å². The second-order valence-corrected chi connectivity index (χ2v) is 21.7. The smallest absolute Gasteiger partial charge is 0.242 e. The van der Waals surface area contributed by atoms with Crippen molar-refractivity contribution in [2.45, 2.75) is 47.3 Å². The average Bonchev–Trinajstić information content (AvgIpc) is 3.15. The lowest BCUT2D eigenvalue weighted by molar-refractivity contribution is 0.487. The molecule has 0 bridgehead atoms. The highest BCUT2D eigenvalue weighted by Crippen LogP contribution is 2.48. The van der Waals surface area contributed by atoms with Crippen molar-refractivity contribution in [3.8, 4) is 22.6 Å². The van der Waals surface area contributed by atoms with Gasteiger partial charge < -0.3 is 9.64 Å². The maximum Gasteiger partial charge on any atom is 0.242 e. The molecule has 0 unspecified atom stereocenters. The summed E-state index contributed by atoms with van der Waals surface area (Å²) < 4.78 is 6.95. The Balaban J connectivity index is 1.19. The van der Waals surface area contributed by atoms with Gasteiger partial charge in [-0.05, 0) is 91.9 Å². The zero-order valence-electron chi connectivity index (χ0n) is 32.9. The van der Waals surface area contributed by atoms with E-state index >= 15 is 0 Å². The fourth-order valence-electron chi connectivity index (χ4n) is 8.81. The number of nitrogens with zero attached hydrogens (tertiary/aromatic N) is 1. The maximum absolute atomic E-state index is 6.95. The number of ether oxygens (including phenoxy) is 1. The third kappa shape index (κ3) is 6.45. The van der Waals surface area contributed by atoms with Crippen LogP contribution in [0.3, 0.4) is 0 Å². The Morgan fingerprint density at radius 3 is 1.71 bits per heavy atom. The molecule has 0 saturated heterocycles. The average molecular weight is 728 g/mol. The molecule has 0 aromatic heterocycles. The zero-order valence-corrected chi connectivity index (χ0v) is 33.9. The molecule has 0 spiro atoms. The third-order valence-corrected chi connectivity index (χ3v) is 13.3. The van der Waals surface area contributed by atoms with Gasteiger partial charge in [-0.3, -0.25) is 0 Å². The number of anilines is 3. The van der Waals surface area contributed by atoms with E-state index in [-0.39, 0.29) is 6.71 Å². The molecule has 0 amide bonds. The highest BCUT2D eigenvalue weighted by atomic mass is 28.3. The Kier molecular flexibility index (Phi) is 8.55. The minimum Gasteiger partial charge on any atom is -0.456 e. The highest BCUT2D eigenvalue weighted by molar-refractivity contribution is 6.97. The predicted molar refractivity (Wildman–Crippen MR) is 241 cm³/mol. The van der Waals surface area contributed by atoms with Gasteiger partial charge in [-0.1, -0.05) is 167 Å². The lowest BCUT2D eigenvalue weighted by Crippen LogP contribution is -2.52. The molecule has 9 rings (SSSR count). The first-order valence-electron chi connectivity index (χ1n) is 19.4. The van der Waals surface area contributed by atoms with E-state index in [0.717, 1.165) is 34.1 Å². The Hall–Kier alpha value is -5.84. The highest BCUT2D eigenvalue weighted by Gasteiger charge is 2.29. The number of rotatable bonds is 7. The van der Waals surface area contributed by atoms with Crippen LogP contribution in [0.5, 0.6) is 11.5 Å². The maximum atomic E-state index is 6.95. The third-order valence-electron chi connectivity index (χ3n) is 11.2. The summed E-state index contributed by atoms with van der Waals surface area (Å²) in [4.78, 5) is 2.36. The summed E-state index contributed by atoms with van der Waals surface area (Å²) in [6.45, 7) is 16.1. The van der Waals surface area contributed by atoms with Crippen LogP contribution in [0.4, 0.5) is 17.1 Å². The zero-order chi connectivity index (χ0) is 38.0. The van der Waals surface area contributed by atoms with Crippen LogP contribution in [0.25, 0.3) is 32.7 Å². The minimum absolute atomic E-state index is 0.0770. The van der Waals surface area contributed by atoms with Gasteiger partial charge in [-0.2, -0.15) is 0 Å². The van der Waals surface area contributed by atoms with Crippen molar-refractivity contribution >= 4 is 75.0 Å². The summed E-state index contributed by atoms with van der Waals surface area (Å²) in [5.41, 5.74) is 14.7.